The summed E-state index contributed by atoms with van der Waals surface area (Å²) in [6.45, 7) is 3.86. The third-order valence-corrected chi connectivity index (χ3v) is 4.00. The zero-order chi connectivity index (χ0) is 13.0. The van der Waals surface area contributed by atoms with Crippen LogP contribution in [0.3, 0.4) is 0 Å². The second-order valence-electron chi connectivity index (χ2n) is 5.94. The van der Waals surface area contributed by atoms with Gasteiger partial charge in [-0.2, -0.15) is 10.2 Å². The Morgan fingerprint density at radius 2 is 1.89 bits per heavy atom. The number of ketones is 1. The van der Waals surface area contributed by atoms with Crippen molar-refractivity contribution in [3.8, 4) is 0 Å². The molecule has 0 radical (unpaired) electrons. The molecule has 1 heterocycles. The van der Waals surface area contributed by atoms with Gasteiger partial charge in [0.2, 0.25) is 0 Å². The van der Waals surface area contributed by atoms with Crippen LogP contribution in [-0.4, -0.2) is 17.2 Å². The second-order valence-corrected chi connectivity index (χ2v) is 5.94. The summed E-state index contributed by atoms with van der Waals surface area (Å²) in [6.07, 6.45) is 9.40. The van der Waals surface area contributed by atoms with Crippen molar-refractivity contribution < 1.29 is 4.79 Å². The standard InChI is InChI=1S/C15H24N2O/c1-11(2)15(18)14-9-5-8-13(16-17-14)10-12-6-3-4-7-12/h11-12H,3-10H2,1-2H3. The quantitative estimate of drug-likeness (QED) is 0.746. The lowest BCUT2D eigenvalue weighted by atomic mass is 9.96. The first-order valence-corrected chi connectivity index (χ1v) is 7.33. The SMILES string of the molecule is CC(C)C(=O)C1=NN=C(CC2CCCC2)CCC1. The van der Waals surface area contributed by atoms with Gasteiger partial charge < -0.3 is 0 Å². The van der Waals surface area contributed by atoms with Crippen molar-refractivity contribution in [3.63, 3.8) is 0 Å². The summed E-state index contributed by atoms with van der Waals surface area (Å²) in [6, 6.07) is 0. The average molecular weight is 248 g/mol. The minimum absolute atomic E-state index is 0.0373. The molecule has 18 heavy (non-hydrogen) atoms. The number of carbonyl (C=O) groups excluding carboxylic acids is 1. The molecular weight excluding hydrogens is 224 g/mol. The first-order valence-electron chi connectivity index (χ1n) is 7.33. The van der Waals surface area contributed by atoms with Crippen LogP contribution in [-0.2, 0) is 4.79 Å². The van der Waals surface area contributed by atoms with E-state index in [0.29, 0.717) is 5.71 Å². The summed E-state index contributed by atoms with van der Waals surface area (Å²) < 4.78 is 0. The van der Waals surface area contributed by atoms with Crippen molar-refractivity contribution >= 4 is 17.2 Å². The van der Waals surface area contributed by atoms with E-state index in [1.165, 1.54) is 31.4 Å². The summed E-state index contributed by atoms with van der Waals surface area (Å²) in [5.74, 6) is 1.03. The minimum Gasteiger partial charge on any atom is -0.292 e. The fourth-order valence-electron chi connectivity index (χ4n) is 2.89. The van der Waals surface area contributed by atoms with Gasteiger partial charge in [-0.15, -0.1) is 0 Å². The first-order chi connectivity index (χ1) is 8.66. The summed E-state index contributed by atoms with van der Waals surface area (Å²) in [5.41, 5.74) is 1.90. The molecule has 1 aliphatic heterocycles. The lowest BCUT2D eigenvalue weighted by Gasteiger charge is -2.08. The van der Waals surface area contributed by atoms with E-state index in [0.717, 1.165) is 31.6 Å². The lowest BCUT2D eigenvalue weighted by Crippen LogP contribution is -2.19. The molecule has 1 aliphatic carbocycles. The van der Waals surface area contributed by atoms with E-state index in [9.17, 15) is 4.79 Å². The monoisotopic (exact) mass is 248 g/mol. The van der Waals surface area contributed by atoms with E-state index in [-0.39, 0.29) is 11.7 Å². The Kier molecular flexibility index (Phi) is 4.67. The fourth-order valence-corrected chi connectivity index (χ4v) is 2.89. The summed E-state index contributed by atoms with van der Waals surface area (Å²) in [5, 5.41) is 8.58. The highest BCUT2D eigenvalue weighted by Crippen LogP contribution is 2.29. The highest BCUT2D eigenvalue weighted by atomic mass is 16.1. The van der Waals surface area contributed by atoms with Gasteiger partial charge in [0.25, 0.3) is 0 Å². The van der Waals surface area contributed by atoms with Crippen molar-refractivity contribution in [2.45, 2.75) is 65.2 Å². The normalized spacial score (nSPS) is 21.7. The Labute approximate surface area is 110 Å². The number of carbonyl (C=O) groups is 1. The van der Waals surface area contributed by atoms with Crippen molar-refractivity contribution in [2.24, 2.45) is 22.0 Å². The molecule has 0 aromatic rings. The summed E-state index contributed by atoms with van der Waals surface area (Å²) in [7, 11) is 0. The van der Waals surface area contributed by atoms with Crippen molar-refractivity contribution in [2.75, 3.05) is 0 Å². The molecule has 2 rings (SSSR count). The van der Waals surface area contributed by atoms with Crippen molar-refractivity contribution in [1.82, 2.24) is 0 Å². The van der Waals surface area contributed by atoms with Crippen molar-refractivity contribution in [3.05, 3.63) is 0 Å². The third-order valence-electron chi connectivity index (χ3n) is 4.00. The minimum atomic E-state index is 0.0373. The summed E-state index contributed by atoms with van der Waals surface area (Å²) in [4.78, 5) is 11.9. The number of hydrogen-bond donors (Lipinski definition) is 0. The first kappa shape index (κ1) is 13.4. The van der Waals surface area contributed by atoms with Gasteiger partial charge in [-0.3, -0.25) is 4.79 Å². The molecule has 0 saturated heterocycles. The molecular formula is C15H24N2O. The molecule has 0 aromatic heterocycles. The Hall–Kier alpha value is -0.990. The highest BCUT2D eigenvalue weighted by molar-refractivity contribution is 6.40. The van der Waals surface area contributed by atoms with E-state index in [1.807, 2.05) is 13.8 Å². The topological polar surface area (TPSA) is 41.8 Å². The largest absolute Gasteiger partial charge is 0.292 e. The number of Topliss-reactive ketones (excluding diaryl/α,β-unsaturated/α-hetero) is 1. The fraction of sp³-hybridized carbons (Fsp3) is 0.800. The average Bonchev–Trinajstić information content (AvgIpc) is 2.73. The number of rotatable bonds is 4. The van der Waals surface area contributed by atoms with Gasteiger partial charge >= 0.3 is 0 Å². The van der Waals surface area contributed by atoms with Crippen LogP contribution in [0.1, 0.15) is 65.2 Å². The molecule has 0 N–H and O–H groups in total. The van der Waals surface area contributed by atoms with Gasteiger partial charge in [-0.1, -0.05) is 39.5 Å². The Balaban J connectivity index is 1.98. The lowest BCUT2D eigenvalue weighted by molar-refractivity contribution is -0.115. The van der Waals surface area contributed by atoms with Crippen LogP contribution in [0.2, 0.25) is 0 Å². The molecule has 3 heteroatoms. The molecule has 2 aliphatic rings. The smallest absolute Gasteiger partial charge is 0.181 e. The van der Waals surface area contributed by atoms with Crippen LogP contribution in [0, 0.1) is 11.8 Å². The predicted octanol–water partition coefficient (Wildman–Crippen LogP) is 3.77. The number of nitrogens with zero attached hydrogens (tertiary/aromatic N) is 2. The van der Waals surface area contributed by atoms with Crippen LogP contribution >= 0.6 is 0 Å². The van der Waals surface area contributed by atoms with Crippen LogP contribution in [0.5, 0.6) is 0 Å². The van der Waals surface area contributed by atoms with E-state index in [2.05, 4.69) is 10.2 Å². The van der Waals surface area contributed by atoms with Gasteiger partial charge in [0.15, 0.2) is 5.78 Å². The maximum absolute atomic E-state index is 11.9. The van der Waals surface area contributed by atoms with E-state index in [4.69, 9.17) is 0 Å². The molecule has 0 amide bonds. The van der Waals surface area contributed by atoms with Crippen molar-refractivity contribution in [1.29, 1.82) is 0 Å². The van der Waals surface area contributed by atoms with Crippen LogP contribution in [0.4, 0.5) is 0 Å². The van der Waals surface area contributed by atoms with Gasteiger partial charge in [0.1, 0.15) is 5.71 Å². The Morgan fingerprint density at radius 1 is 1.17 bits per heavy atom. The molecule has 0 bridgehead atoms. The molecule has 3 nitrogen and oxygen atoms in total. The second kappa shape index (κ2) is 6.26. The molecule has 0 spiro atoms. The third kappa shape index (κ3) is 3.50. The summed E-state index contributed by atoms with van der Waals surface area (Å²) >= 11 is 0. The number of hydrogen-bond acceptors (Lipinski definition) is 3. The van der Waals surface area contributed by atoms with Gasteiger partial charge in [-0.05, 0) is 31.6 Å². The molecule has 100 valence electrons. The van der Waals surface area contributed by atoms with Crippen LogP contribution in [0.25, 0.3) is 0 Å². The maximum Gasteiger partial charge on any atom is 0.181 e. The zero-order valence-corrected chi connectivity index (χ0v) is 11.6. The van der Waals surface area contributed by atoms with E-state index >= 15 is 0 Å². The Bertz CT molecular complexity index is 363. The molecule has 1 saturated carbocycles. The van der Waals surface area contributed by atoms with Crippen LogP contribution in [0.15, 0.2) is 10.2 Å². The van der Waals surface area contributed by atoms with Crippen LogP contribution < -0.4 is 0 Å². The predicted molar refractivity (Wildman–Crippen MR) is 75.1 cm³/mol. The molecule has 0 aromatic carbocycles. The van der Waals surface area contributed by atoms with E-state index in [1.54, 1.807) is 0 Å². The molecule has 0 unspecified atom stereocenters. The Morgan fingerprint density at radius 3 is 2.56 bits per heavy atom. The zero-order valence-electron chi connectivity index (χ0n) is 11.6. The van der Waals surface area contributed by atoms with Gasteiger partial charge in [0.05, 0.1) is 0 Å². The maximum atomic E-state index is 11.9. The molecule has 0 atom stereocenters. The highest BCUT2D eigenvalue weighted by Gasteiger charge is 2.21. The van der Waals surface area contributed by atoms with Gasteiger partial charge in [0, 0.05) is 11.6 Å². The van der Waals surface area contributed by atoms with Gasteiger partial charge in [-0.25, -0.2) is 0 Å². The molecule has 1 fully saturated rings. The van der Waals surface area contributed by atoms with E-state index < -0.39 is 0 Å².